The van der Waals surface area contributed by atoms with Crippen molar-refractivity contribution in [3.05, 3.63) is 34.4 Å². The van der Waals surface area contributed by atoms with Gasteiger partial charge in [-0.2, -0.15) is 0 Å². The van der Waals surface area contributed by atoms with Crippen LogP contribution in [0.3, 0.4) is 0 Å². The van der Waals surface area contributed by atoms with Crippen LogP contribution in [0.15, 0.2) is 17.3 Å². The van der Waals surface area contributed by atoms with Crippen molar-refractivity contribution < 1.29 is 14.7 Å². The molecule has 1 unspecified atom stereocenters. The molecule has 27 heavy (non-hydrogen) atoms. The van der Waals surface area contributed by atoms with Crippen molar-refractivity contribution in [2.75, 3.05) is 6.61 Å². The Balaban J connectivity index is 2.12. The summed E-state index contributed by atoms with van der Waals surface area (Å²) in [6.07, 6.45) is 6.53. The second-order valence-electron chi connectivity index (χ2n) is 9.03. The topological polar surface area (TPSA) is 58.9 Å². The second-order valence-corrected chi connectivity index (χ2v) is 9.03. The first-order chi connectivity index (χ1) is 12.7. The fraction of sp³-hybridized carbons (Fsp3) is 0.652. The van der Waals surface area contributed by atoms with Gasteiger partial charge in [0.2, 0.25) is 0 Å². The van der Waals surface area contributed by atoms with Gasteiger partial charge in [0.25, 0.3) is 0 Å². The quantitative estimate of drug-likeness (QED) is 0.566. The monoisotopic (exact) mass is 371 g/mol. The minimum atomic E-state index is -0.640. The average molecular weight is 372 g/mol. The van der Waals surface area contributed by atoms with Crippen LogP contribution < -0.4 is 0 Å². The predicted octanol–water partition coefficient (Wildman–Crippen LogP) is 5.28. The lowest BCUT2D eigenvalue weighted by Crippen LogP contribution is -2.52. The molecule has 3 rings (SSSR count). The van der Waals surface area contributed by atoms with Gasteiger partial charge in [0.15, 0.2) is 0 Å². The van der Waals surface area contributed by atoms with Gasteiger partial charge in [-0.15, -0.1) is 0 Å². The van der Waals surface area contributed by atoms with E-state index >= 15 is 0 Å². The van der Waals surface area contributed by atoms with Crippen LogP contribution >= 0.6 is 0 Å². The zero-order valence-corrected chi connectivity index (χ0v) is 17.3. The number of carboxylic acid groups (broad SMARTS) is 1. The fourth-order valence-electron chi connectivity index (χ4n) is 5.59. The van der Waals surface area contributed by atoms with E-state index in [1.165, 1.54) is 16.7 Å². The van der Waals surface area contributed by atoms with Gasteiger partial charge in [0.05, 0.1) is 11.6 Å². The lowest BCUT2D eigenvalue weighted by Gasteiger charge is -2.53. The number of aryl methyl sites for hydroxylation is 1. The van der Waals surface area contributed by atoms with Crippen LogP contribution in [0.25, 0.3) is 0 Å². The first-order valence-electron chi connectivity index (χ1n) is 10.3. The number of benzene rings is 1. The molecule has 0 amide bonds. The van der Waals surface area contributed by atoms with Crippen LogP contribution in [0.5, 0.6) is 0 Å². The summed E-state index contributed by atoms with van der Waals surface area (Å²) in [5.74, 6) is -0.0660. The Kier molecular flexibility index (Phi) is 5.38. The molecule has 0 aromatic heterocycles. The highest BCUT2D eigenvalue weighted by Gasteiger charge is 2.55. The molecule has 148 valence electrons. The predicted molar refractivity (Wildman–Crippen MR) is 109 cm³/mol. The molecule has 0 heterocycles. The molecule has 4 heteroatoms. The molecule has 1 saturated carbocycles. The maximum Gasteiger partial charge on any atom is 0.309 e. The standard InChI is InChI=1S/C23H33NO3/c1-6-27-24-14-17-13-19-16(12-18(17)15(2)3)8-9-20-22(19,4)10-7-11-23(20,5)21(25)26/h12-15,20H,6-11H2,1-5H3,(H,25,26)/b24-14+/t20?,22-,23-/m1/s1. The maximum absolute atomic E-state index is 12.1. The Bertz CT molecular complexity index is 754. The number of hydrogen-bond donors (Lipinski definition) is 1. The van der Waals surface area contributed by atoms with Crippen molar-refractivity contribution in [2.24, 2.45) is 16.5 Å². The third-order valence-electron chi connectivity index (χ3n) is 7.06. The Labute approximate surface area is 163 Å². The van der Waals surface area contributed by atoms with E-state index < -0.39 is 11.4 Å². The molecule has 0 radical (unpaired) electrons. The van der Waals surface area contributed by atoms with E-state index in [9.17, 15) is 9.90 Å². The highest BCUT2D eigenvalue weighted by atomic mass is 16.6. The summed E-state index contributed by atoms with van der Waals surface area (Å²) >= 11 is 0. The van der Waals surface area contributed by atoms with Crippen LogP contribution in [0.4, 0.5) is 0 Å². The van der Waals surface area contributed by atoms with Gasteiger partial charge in [0, 0.05) is 0 Å². The fourth-order valence-corrected chi connectivity index (χ4v) is 5.59. The summed E-state index contributed by atoms with van der Waals surface area (Å²) < 4.78 is 0. The normalized spacial score (nSPS) is 30.2. The number of fused-ring (bicyclic) bond motifs is 3. The van der Waals surface area contributed by atoms with Crippen molar-refractivity contribution in [1.29, 1.82) is 0 Å². The summed E-state index contributed by atoms with van der Waals surface area (Å²) in [6.45, 7) is 11.1. The Morgan fingerprint density at radius 2 is 2.11 bits per heavy atom. The van der Waals surface area contributed by atoms with E-state index in [1.807, 2.05) is 20.1 Å². The van der Waals surface area contributed by atoms with Crippen LogP contribution in [-0.2, 0) is 21.5 Å². The molecule has 2 aliphatic rings. The number of hydrogen-bond acceptors (Lipinski definition) is 3. The summed E-state index contributed by atoms with van der Waals surface area (Å²) in [7, 11) is 0. The van der Waals surface area contributed by atoms with E-state index in [0.29, 0.717) is 12.5 Å². The molecular formula is C23H33NO3. The summed E-state index contributed by atoms with van der Waals surface area (Å²) in [5, 5.41) is 14.1. The lowest BCUT2D eigenvalue weighted by atomic mass is 9.49. The SMILES string of the molecule is CCO/N=C/c1cc2c(cc1C(C)C)CCC1[C@](C)(C(=O)O)CCC[C@]21C. The van der Waals surface area contributed by atoms with Crippen LogP contribution in [0.1, 0.15) is 88.5 Å². The molecule has 1 aromatic rings. The first-order valence-corrected chi connectivity index (χ1v) is 10.3. The minimum absolute atomic E-state index is 0.0946. The smallest absolute Gasteiger partial charge is 0.309 e. The molecule has 0 spiro atoms. The zero-order valence-electron chi connectivity index (χ0n) is 17.3. The largest absolute Gasteiger partial charge is 0.481 e. The summed E-state index contributed by atoms with van der Waals surface area (Å²) in [5.41, 5.74) is 4.37. The molecule has 1 N–H and O–H groups in total. The third kappa shape index (κ3) is 3.28. The van der Waals surface area contributed by atoms with E-state index in [0.717, 1.165) is 37.7 Å². The van der Waals surface area contributed by atoms with Gasteiger partial charge < -0.3 is 9.94 Å². The molecule has 0 saturated heterocycles. The number of carboxylic acids is 1. The molecular weight excluding hydrogens is 338 g/mol. The van der Waals surface area contributed by atoms with Gasteiger partial charge in [-0.3, -0.25) is 4.79 Å². The number of rotatable bonds is 5. The molecule has 1 fully saturated rings. The van der Waals surface area contributed by atoms with Gasteiger partial charge in [0.1, 0.15) is 6.61 Å². The van der Waals surface area contributed by atoms with Gasteiger partial charge in [-0.05, 0) is 85.1 Å². The van der Waals surface area contributed by atoms with Crippen LogP contribution in [-0.4, -0.2) is 23.9 Å². The minimum Gasteiger partial charge on any atom is -0.481 e. The summed E-state index contributed by atoms with van der Waals surface area (Å²) in [6, 6.07) is 4.61. The van der Waals surface area contributed by atoms with Gasteiger partial charge in [-0.1, -0.05) is 38.4 Å². The third-order valence-corrected chi connectivity index (χ3v) is 7.06. The van der Waals surface area contributed by atoms with Gasteiger partial charge in [-0.25, -0.2) is 0 Å². The van der Waals surface area contributed by atoms with Crippen molar-refractivity contribution in [1.82, 2.24) is 0 Å². The van der Waals surface area contributed by atoms with Gasteiger partial charge >= 0.3 is 5.97 Å². The van der Waals surface area contributed by atoms with Crippen LogP contribution in [0, 0.1) is 11.3 Å². The highest BCUT2D eigenvalue weighted by molar-refractivity contribution is 5.83. The number of carbonyl (C=O) groups is 1. The lowest BCUT2D eigenvalue weighted by molar-refractivity contribution is -0.157. The summed E-state index contributed by atoms with van der Waals surface area (Å²) in [4.78, 5) is 17.3. The van der Waals surface area contributed by atoms with Crippen molar-refractivity contribution in [2.45, 2.75) is 78.1 Å². The Hall–Kier alpha value is -1.84. The average Bonchev–Trinajstić information content (AvgIpc) is 2.61. The number of nitrogens with zero attached hydrogens (tertiary/aromatic N) is 1. The first kappa shape index (κ1) is 19.9. The van der Waals surface area contributed by atoms with Crippen molar-refractivity contribution in [3.63, 3.8) is 0 Å². The molecule has 4 nitrogen and oxygen atoms in total. The molecule has 1 aromatic carbocycles. The Morgan fingerprint density at radius 1 is 1.37 bits per heavy atom. The zero-order chi connectivity index (χ0) is 19.8. The van der Waals surface area contributed by atoms with Crippen molar-refractivity contribution >= 4 is 12.2 Å². The molecule has 2 aliphatic carbocycles. The molecule has 0 bridgehead atoms. The molecule has 3 atom stereocenters. The highest BCUT2D eigenvalue weighted by Crippen LogP contribution is 2.57. The van der Waals surface area contributed by atoms with E-state index in [1.54, 1.807) is 0 Å². The number of aliphatic carboxylic acids is 1. The van der Waals surface area contributed by atoms with E-state index in [-0.39, 0.29) is 11.3 Å². The van der Waals surface area contributed by atoms with E-state index in [4.69, 9.17) is 4.84 Å². The van der Waals surface area contributed by atoms with Crippen molar-refractivity contribution in [3.8, 4) is 0 Å². The maximum atomic E-state index is 12.1. The second kappa shape index (κ2) is 7.29. The van der Waals surface area contributed by atoms with E-state index in [2.05, 4.69) is 38.1 Å². The molecule has 0 aliphatic heterocycles. The van der Waals surface area contributed by atoms with Crippen LogP contribution in [0.2, 0.25) is 0 Å². The Morgan fingerprint density at radius 3 is 2.74 bits per heavy atom. The number of oxime groups is 1.